The van der Waals surface area contributed by atoms with Crippen LogP contribution in [-0.4, -0.2) is 27.8 Å². The molecule has 0 unspecified atom stereocenters. The fraction of sp³-hybridized carbons (Fsp3) is 1.00. The van der Waals surface area contributed by atoms with Gasteiger partial charge in [-0.1, -0.05) is 39.0 Å². The Hall–Kier alpha value is -0.140. The summed E-state index contributed by atoms with van der Waals surface area (Å²) in [6.45, 7) is 1.97. The molecule has 1 rings (SSSR count). The van der Waals surface area contributed by atoms with Crippen LogP contribution in [0, 0.1) is 0 Å². The molecule has 0 bridgehead atoms. The highest BCUT2D eigenvalue weighted by atomic mass is 32.3. The quantitative estimate of drug-likeness (QED) is 0.726. The molecule has 1 fully saturated rings. The van der Waals surface area contributed by atoms with Crippen molar-refractivity contribution >= 4 is 20.0 Å². The molecule has 1 aliphatic rings. The summed E-state index contributed by atoms with van der Waals surface area (Å²) < 4.78 is 49.1. The van der Waals surface area contributed by atoms with Gasteiger partial charge in [0, 0.05) is 0 Å². The fourth-order valence-electron chi connectivity index (χ4n) is 2.20. The molecule has 0 aromatic carbocycles. The molecule has 108 valence electrons. The van der Waals surface area contributed by atoms with Gasteiger partial charge in [0.25, 0.3) is 0 Å². The number of unbranched alkanes of at least 4 members (excludes halogenated alkanes) is 2. The topological polar surface area (TPSA) is 80.3 Å². The Morgan fingerprint density at radius 1 is 1.00 bits per heavy atom. The van der Waals surface area contributed by atoms with Gasteiger partial charge in [-0.3, -0.25) is 0 Å². The minimum absolute atomic E-state index is 0.104. The molecule has 0 amide bonds. The Labute approximate surface area is 110 Å². The molecule has 0 aromatic rings. The minimum atomic E-state index is -3.72. The molecule has 5 nitrogen and oxygen atoms in total. The van der Waals surface area contributed by atoms with Crippen LogP contribution in [0.2, 0.25) is 0 Å². The van der Waals surface area contributed by atoms with Crippen molar-refractivity contribution in [3.8, 4) is 0 Å². The van der Waals surface area contributed by atoms with E-state index in [4.69, 9.17) is 0 Å². The summed E-state index contributed by atoms with van der Waals surface area (Å²) in [6, 6.07) is 0. The molecule has 0 radical (unpaired) electrons. The van der Waals surface area contributed by atoms with Gasteiger partial charge in [-0.15, -0.1) is 4.13 Å². The van der Waals surface area contributed by atoms with Gasteiger partial charge in [-0.25, -0.2) is 16.8 Å². The van der Waals surface area contributed by atoms with Gasteiger partial charge in [-0.2, -0.15) is 0 Å². The lowest BCUT2D eigenvalue weighted by Crippen LogP contribution is -2.40. The zero-order chi connectivity index (χ0) is 13.6. The van der Waals surface area contributed by atoms with Gasteiger partial charge in [0.2, 0.25) is 20.0 Å². The summed E-state index contributed by atoms with van der Waals surface area (Å²) in [7, 11) is -7.41. The third-order valence-electron chi connectivity index (χ3n) is 3.25. The first-order valence-corrected chi connectivity index (χ1v) is 9.82. The van der Waals surface area contributed by atoms with E-state index in [0.29, 0.717) is 19.3 Å². The molecule has 0 atom stereocenters. The normalized spacial score (nSPS) is 18.9. The van der Waals surface area contributed by atoms with Crippen molar-refractivity contribution in [3.05, 3.63) is 0 Å². The summed E-state index contributed by atoms with van der Waals surface area (Å²) in [6.07, 6.45) is 6.11. The van der Waals surface area contributed by atoms with Crippen LogP contribution in [0.5, 0.6) is 0 Å². The first kappa shape index (κ1) is 15.9. The highest BCUT2D eigenvalue weighted by Gasteiger charge is 2.30. The summed E-state index contributed by atoms with van der Waals surface area (Å²) >= 11 is 0. The Morgan fingerprint density at radius 2 is 1.61 bits per heavy atom. The summed E-state index contributed by atoms with van der Waals surface area (Å²) in [5.74, 6) is -0.104. The number of sulfonamides is 2. The second kappa shape index (κ2) is 6.86. The third kappa shape index (κ3) is 5.24. The predicted molar refractivity (Wildman–Crippen MR) is 72.2 cm³/mol. The lowest BCUT2D eigenvalue weighted by molar-refractivity contribution is 0.481. The number of nitrogens with one attached hydrogen (secondary N) is 1. The van der Waals surface area contributed by atoms with E-state index >= 15 is 0 Å². The monoisotopic (exact) mass is 297 g/mol. The maximum atomic E-state index is 11.9. The summed E-state index contributed by atoms with van der Waals surface area (Å²) in [5, 5.41) is -0.535. The molecule has 0 heterocycles. The average Bonchev–Trinajstić information content (AvgIpc) is 2.29. The van der Waals surface area contributed by atoms with Crippen molar-refractivity contribution in [2.24, 2.45) is 0 Å². The molecule has 7 heteroatoms. The molecule has 1 N–H and O–H groups in total. The first-order valence-electron chi connectivity index (χ1n) is 6.62. The van der Waals surface area contributed by atoms with Gasteiger partial charge in [0.15, 0.2) is 0 Å². The first-order chi connectivity index (χ1) is 8.37. The van der Waals surface area contributed by atoms with E-state index in [1.807, 2.05) is 11.1 Å². The van der Waals surface area contributed by atoms with Crippen LogP contribution < -0.4 is 4.13 Å². The Bertz CT molecular complexity index is 436. The molecule has 0 saturated heterocycles. The predicted octanol–water partition coefficient (Wildman–Crippen LogP) is 1.76. The molecule has 0 spiro atoms. The van der Waals surface area contributed by atoms with Crippen LogP contribution >= 0.6 is 0 Å². The molecule has 0 aliphatic heterocycles. The lowest BCUT2D eigenvalue weighted by Gasteiger charge is -2.21. The van der Waals surface area contributed by atoms with Crippen molar-refractivity contribution in [1.29, 1.82) is 0 Å². The molecule has 1 aliphatic carbocycles. The van der Waals surface area contributed by atoms with E-state index in [1.165, 1.54) is 0 Å². The number of hydrogen-bond donors (Lipinski definition) is 1. The Kier molecular flexibility index (Phi) is 6.07. The van der Waals surface area contributed by atoms with E-state index in [0.717, 1.165) is 32.1 Å². The van der Waals surface area contributed by atoms with Crippen LogP contribution in [0.1, 0.15) is 58.3 Å². The van der Waals surface area contributed by atoms with Crippen molar-refractivity contribution < 1.29 is 16.8 Å². The molecule has 0 aromatic heterocycles. The van der Waals surface area contributed by atoms with Crippen molar-refractivity contribution in [3.63, 3.8) is 0 Å². The van der Waals surface area contributed by atoms with E-state index in [-0.39, 0.29) is 5.75 Å². The van der Waals surface area contributed by atoms with Gasteiger partial charge >= 0.3 is 0 Å². The fourth-order valence-corrected chi connectivity index (χ4v) is 6.04. The van der Waals surface area contributed by atoms with E-state index in [2.05, 4.69) is 0 Å². The van der Waals surface area contributed by atoms with Crippen LogP contribution in [0.15, 0.2) is 0 Å². The SMILES string of the molecule is CCCCCS(=O)(=O)NS(=O)(=O)C1CCCCC1. The van der Waals surface area contributed by atoms with Crippen molar-refractivity contribution in [1.82, 2.24) is 4.13 Å². The zero-order valence-corrected chi connectivity index (χ0v) is 12.5. The largest absolute Gasteiger partial charge is 0.227 e. The van der Waals surface area contributed by atoms with Crippen molar-refractivity contribution in [2.45, 2.75) is 63.5 Å². The maximum Gasteiger partial charge on any atom is 0.227 e. The number of rotatable bonds is 7. The lowest BCUT2D eigenvalue weighted by atomic mass is 10.0. The van der Waals surface area contributed by atoms with E-state index < -0.39 is 25.3 Å². The smallest absolute Gasteiger partial charge is 0.211 e. The third-order valence-corrected chi connectivity index (χ3v) is 7.37. The van der Waals surface area contributed by atoms with Gasteiger partial charge in [0.1, 0.15) is 0 Å². The molecule has 18 heavy (non-hydrogen) atoms. The average molecular weight is 297 g/mol. The van der Waals surface area contributed by atoms with Gasteiger partial charge in [-0.05, 0) is 19.3 Å². The highest BCUT2D eigenvalue weighted by molar-refractivity contribution is 8.05. The summed E-state index contributed by atoms with van der Waals surface area (Å²) in [4.78, 5) is 0. The van der Waals surface area contributed by atoms with E-state index in [1.54, 1.807) is 0 Å². The molecular weight excluding hydrogens is 274 g/mol. The van der Waals surface area contributed by atoms with Gasteiger partial charge in [0.05, 0.1) is 11.0 Å². The molecular formula is C11H23NO4S2. The van der Waals surface area contributed by atoms with Crippen LogP contribution in [0.3, 0.4) is 0 Å². The van der Waals surface area contributed by atoms with Crippen LogP contribution in [0.25, 0.3) is 0 Å². The Morgan fingerprint density at radius 3 is 2.17 bits per heavy atom. The molecule has 1 saturated carbocycles. The van der Waals surface area contributed by atoms with E-state index in [9.17, 15) is 16.8 Å². The van der Waals surface area contributed by atoms with Crippen LogP contribution in [0.4, 0.5) is 0 Å². The van der Waals surface area contributed by atoms with Crippen LogP contribution in [-0.2, 0) is 20.0 Å². The Balaban J connectivity index is 2.58. The maximum absolute atomic E-state index is 11.9. The second-order valence-electron chi connectivity index (χ2n) is 4.91. The van der Waals surface area contributed by atoms with Gasteiger partial charge < -0.3 is 0 Å². The number of hydrogen-bond acceptors (Lipinski definition) is 4. The zero-order valence-electron chi connectivity index (χ0n) is 10.9. The second-order valence-corrected chi connectivity index (χ2v) is 8.98. The standard InChI is InChI=1S/C11H23NO4S2/c1-2-3-7-10-17(13,14)12-18(15,16)11-8-5-4-6-9-11/h11-12H,2-10H2,1H3. The summed E-state index contributed by atoms with van der Waals surface area (Å²) in [5.41, 5.74) is 0. The highest BCUT2D eigenvalue weighted by Crippen LogP contribution is 2.23. The van der Waals surface area contributed by atoms with Crippen molar-refractivity contribution in [2.75, 3.05) is 5.75 Å². The minimum Gasteiger partial charge on any atom is -0.211 e.